The van der Waals surface area contributed by atoms with Crippen molar-refractivity contribution in [2.45, 2.75) is 27.0 Å². The van der Waals surface area contributed by atoms with Crippen molar-refractivity contribution >= 4 is 5.96 Å². The molecule has 0 amide bonds. The lowest BCUT2D eigenvalue weighted by Crippen LogP contribution is -2.44. The average Bonchev–Trinajstić information content (AvgIpc) is 2.66. The fourth-order valence-electron chi connectivity index (χ4n) is 2.73. The molecule has 1 aliphatic heterocycles. The van der Waals surface area contributed by atoms with Crippen LogP contribution in [0.5, 0.6) is 0 Å². The van der Waals surface area contributed by atoms with Crippen molar-refractivity contribution in [3.63, 3.8) is 0 Å². The minimum absolute atomic E-state index is 0.642. The molecular weight excluding hydrogens is 316 g/mol. The minimum Gasteiger partial charge on any atom is -0.379 e. The molecule has 0 aromatic heterocycles. The molecule has 0 spiro atoms. The number of ether oxygens (including phenoxy) is 2. The van der Waals surface area contributed by atoms with Crippen molar-refractivity contribution in [1.82, 2.24) is 15.5 Å². The summed E-state index contributed by atoms with van der Waals surface area (Å²) in [6.45, 7) is 12.6. The highest BCUT2D eigenvalue weighted by Gasteiger charge is 2.09. The fraction of sp³-hybridized carbons (Fsp3) is 0.632. The SMILES string of the molecule is CCNC(=NCc1ccccc1COCC)NCCN1CCOCC1. The molecule has 6 heteroatoms. The first kappa shape index (κ1) is 19.7. The number of hydrogen-bond donors (Lipinski definition) is 2. The highest BCUT2D eigenvalue weighted by Crippen LogP contribution is 2.11. The third kappa shape index (κ3) is 7.42. The number of rotatable bonds is 9. The van der Waals surface area contributed by atoms with Crippen molar-refractivity contribution in [3.05, 3.63) is 35.4 Å². The maximum absolute atomic E-state index is 5.55. The van der Waals surface area contributed by atoms with Gasteiger partial charge in [-0.1, -0.05) is 24.3 Å². The summed E-state index contributed by atoms with van der Waals surface area (Å²) in [6, 6.07) is 8.33. The van der Waals surface area contributed by atoms with Gasteiger partial charge < -0.3 is 20.1 Å². The van der Waals surface area contributed by atoms with Gasteiger partial charge in [-0.05, 0) is 25.0 Å². The van der Waals surface area contributed by atoms with Crippen LogP contribution in [0.25, 0.3) is 0 Å². The number of aliphatic imine (C=N–C) groups is 1. The lowest BCUT2D eigenvalue weighted by atomic mass is 10.1. The van der Waals surface area contributed by atoms with Crippen molar-refractivity contribution in [1.29, 1.82) is 0 Å². The maximum Gasteiger partial charge on any atom is 0.191 e. The number of nitrogens with zero attached hydrogens (tertiary/aromatic N) is 2. The Morgan fingerprint density at radius 1 is 1.16 bits per heavy atom. The standard InChI is InChI=1S/C19H32N4O2/c1-3-20-19(21-9-10-23-11-13-25-14-12-23)22-15-17-7-5-6-8-18(17)16-24-4-2/h5-8H,3-4,9-16H2,1-2H3,(H2,20,21,22). The van der Waals surface area contributed by atoms with Crippen LogP contribution in [0.1, 0.15) is 25.0 Å². The number of morpholine rings is 1. The molecule has 1 aromatic rings. The molecule has 1 aliphatic rings. The smallest absolute Gasteiger partial charge is 0.191 e. The summed E-state index contributed by atoms with van der Waals surface area (Å²) in [5.74, 6) is 0.863. The van der Waals surface area contributed by atoms with Crippen molar-refractivity contribution in [3.8, 4) is 0 Å². The van der Waals surface area contributed by atoms with Gasteiger partial charge in [0, 0.05) is 39.3 Å². The average molecular weight is 348 g/mol. The molecule has 0 bridgehead atoms. The molecular formula is C19H32N4O2. The molecule has 0 radical (unpaired) electrons. The van der Waals surface area contributed by atoms with Crippen LogP contribution in [-0.4, -0.2) is 63.4 Å². The highest BCUT2D eigenvalue weighted by atomic mass is 16.5. The molecule has 0 aliphatic carbocycles. The van der Waals surface area contributed by atoms with E-state index in [4.69, 9.17) is 14.5 Å². The van der Waals surface area contributed by atoms with Crippen LogP contribution in [-0.2, 0) is 22.6 Å². The van der Waals surface area contributed by atoms with Crippen LogP contribution in [0.15, 0.2) is 29.3 Å². The number of hydrogen-bond acceptors (Lipinski definition) is 4. The lowest BCUT2D eigenvalue weighted by Gasteiger charge is -2.26. The van der Waals surface area contributed by atoms with Crippen LogP contribution in [0, 0.1) is 0 Å². The van der Waals surface area contributed by atoms with E-state index < -0.39 is 0 Å². The van der Waals surface area contributed by atoms with Gasteiger partial charge in [0.2, 0.25) is 0 Å². The van der Waals surface area contributed by atoms with E-state index in [0.29, 0.717) is 13.2 Å². The molecule has 25 heavy (non-hydrogen) atoms. The number of benzene rings is 1. The van der Waals surface area contributed by atoms with E-state index in [2.05, 4.69) is 40.7 Å². The second-order valence-corrected chi connectivity index (χ2v) is 5.98. The lowest BCUT2D eigenvalue weighted by molar-refractivity contribution is 0.0389. The highest BCUT2D eigenvalue weighted by molar-refractivity contribution is 5.79. The van der Waals surface area contributed by atoms with Crippen molar-refractivity contribution in [2.75, 3.05) is 52.5 Å². The van der Waals surface area contributed by atoms with E-state index in [-0.39, 0.29) is 0 Å². The second kappa shape index (κ2) is 11.8. The van der Waals surface area contributed by atoms with Gasteiger partial charge in [-0.25, -0.2) is 4.99 Å². The van der Waals surface area contributed by atoms with Gasteiger partial charge in [0.25, 0.3) is 0 Å². The summed E-state index contributed by atoms with van der Waals surface area (Å²) in [4.78, 5) is 7.14. The van der Waals surface area contributed by atoms with Gasteiger partial charge in [-0.2, -0.15) is 0 Å². The first-order valence-corrected chi connectivity index (χ1v) is 9.30. The zero-order valence-corrected chi connectivity index (χ0v) is 15.6. The van der Waals surface area contributed by atoms with Crippen LogP contribution < -0.4 is 10.6 Å². The quantitative estimate of drug-likeness (QED) is 0.524. The molecule has 140 valence electrons. The largest absolute Gasteiger partial charge is 0.379 e. The first-order valence-electron chi connectivity index (χ1n) is 9.30. The second-order valence-electron chi connectivity index (χ2n) is 5.98. The summed E-state index contributed by atoms with van der Waals surface area (Å²) < 4.78 is 10.9. The molecule has 1 saturated heterocycles. The summed E-state index contributed by atoms with van der Waals surface area (Å²) in [5.41, 5.74) is 2.42. The van der Waals surface area contributed by atoms with Gasteiger partial charge in [0.05, 0.1) is 26.4 Å². The molecule has 1 aromatic carbocycles. The van der Waals surface area contributed by atoms with E-state index in [0.717, 1.165) is 58.5 Å². The molecule has 0 unspecified atom stereocenters. The van der Waals surface area contributed by atoms with Gasteiger partial charge in [-0.3, -0.25) is 4.90 Å². The van der Waals surface area contributed by atoms with Crippen molar-refractivity contribution in [2.24, 2.45) is 4.99 Å². The maximum atomic E-state index is 5.55. The Balaban J connectivity index is 1.85. The molecule has 0 atom stereocenters. The molecule has 2 rings (SSSR count). The van der Waals surface area contributed by atoms with Gasteiger partial charge >= 0.3 is 0 Å². The Kier molecular flexibility index (Phi) is 9.33. The Morgan fingerprint density at radius 3 is 2.64 bits per heavy atom. The van der Waals surface area contributed by atoms with E-state index in [1.807, 2.05) is 13.0 Å². The molecule has 0 saturated carbocycles. The summed E-state index contributed by atoms with van der Waals surface area (Å²) in [5, 5.41) is 6.74. The summed E-state index contributed by atoms with van der Waals surface area (Å²) in [6.07, 6.45) is 0. The third-order valence-corrected chi connectivity index (χ3v) is 4.16. The van der Waals surface area contributed by atoms with Crippen LogP contribution in [0.3, 0.4) is 0 Å². The predicted octanol–water partition coefficient (Wildman–Crippen LogP) is 1.61. The molecule has 6 nitrogen and oxygen atoms in total. The van der Waals surface area contributed by atoms with E-state index in [1.54, 1.807) is 0 Å². The fourth-order valence-corrected chi connectivity index (χ4v) is 2.73. The van der Waals surface area contributed by atoms with Crippen LogP contribution in [0.4, 0.5) is 0 Å². The normalized spacial score (nSPS) is 16.0. The van der Waals surface area contributed by atoms with E-state index in [1.165, 1.54) is 11.1 Å². The molecule has 1 fully saturated rings. The molecule has 1 heterocycles. The molecule has 2 N–H and O–H groups in total. The number of guanidine groups is 1. The number of nitrogens with one attached hydrogen (secondary N) is 2. The topological polar surface area (TPSA) is 58.1 Å². The Morgan fingerprint density at radius 2 is 1.92 bits per heavy atom. The zero-order chi connectivity index (χ0) is 17.7. The minimum atomic E-state index is 0.642. The summed E-state index contributed by atoms with van der Waals surface area (Å²) >= 11 is 0. The summed E-state index contributed by atoms with van der Waals surface area (Å²) in [7, 11) is 0. The third-order valence-electron chi connectivity index (χ3n) is 4.16. The Bertz CT molecular complexity index is 516. The van der Waals surface area contributed by atoms with Gasteiger partial charge in [-0.15, -0.1) is 0 Å². The van der Waals surface area contributed by atoms with Gasteiger partial charge in [0.1, 0.15) is 0 Å². The Hall–Kier alpha value is -1.63. The zero-order valence-electron chi connectivity index (χ0n) is 15.6. The van der Waals surface area contributed by atoms with E-state index >= 15 is 0 Å². The van der Waals surface area contributed by atoms with Gasteiger partial charge in [0.15, 0.2) is 5.96 Å². The predicted molar refractivity (Wildman–Crippen MR) is 102 cm³/mol. The first-order chi connectivity index (χ1) is 12.3. The van der Waals surface area contributed by atoms with Crippen molar-refractivity contribution < 1.29 is 9.47 Å². The van der Waals surface area contributed by atoms with Crippen LogP contribution >= 0.6 is 0 Å². The van der Waals surface area contributed by atoms with E-state index in [9.17, 15) is 0 Å². The monoisotopic (exact) mass is 348 g/mol. The van der Waals surface area contributed by atoms with Crippen LogP contribution in [0.2, 0.25) is 0 Å². The Labute approximate surface area is 151 Å².